The lowest BCUT2D eigenvalue weighted by Gasteiger charge is -2.09. The van der Waals surface area contributed by atoms with E-state index in [4.69, 9.17) is 11.6 Å². The second-order valence-electron chi connectivity index (χ2n) is 6.01. The average Bonchev–Trinajstić information content (AvgIpc) is 3.26. The summed E-state index contributed by atoms with van der Waals surface area (Å²) in [5.74, 6) is 6.32. The maximum absolute atomic E-state index is 6.23. The third kappa shape index (κ3) is 2.40. The van der Waals surface area contributed by atoms with Gasteiger partial charge in [0.2, 0.25) is 0 Å². The van der Waals surface area contributed by atoms with Crippen molar-refractivity contribution in [3.8, 4) is 28.8 Å². The van der Waals surface area contributed by atoms with Gasteiger partial charge in [0.25, 0.3) is 0 Å². The zero-order chi connectivity index (χ0) is 17.5. The summed E-state index contributed by atoms with van der Waals surface area (Å²) in [6.07, 6.45) is 7.83. The monoisotopic (exact) mass is 357 g/mol. The normalized spacial score (nSPS) is 11.6. The van der Waals surface area contributed by atoms with E-state index in [1.54, 1.807) is 12.4 Å². The molecule has 0 aliphatic carbocycles. The van der Waals surface area contributed by atoms with Gasteiger partial charge in [0, 0.05) is 40.5 Å². The van der Waals surface area contributed by atoms with Gasteiger partial charge in [-0.05, 0) is 36.3 Å². The molecule has 5 rings (SSSR count). The minimum absolute atomic E-state index is 0.685. The number of fused-ring (bicyclic) bond motifs is 5. The van der Waals surface area contributed by atoms with Crippen molar-refractivity contribution >= 4 is 11.6 Å². The van der Waals surface area contributed by atoms with Gasteiger partial charge in [-0.25, -0.2) is 4.98 Å². The topological polar surface area (TPSA) is 59.4 Å². The SMILES string of the molecule is Clc1ccc2c(c1)-c1[nH]ncc1Cc1c(C#Cc3cccnc3)ncn1-2. The van der Waals surface area contributed by atoms with Crippen molar-refractivity contribution in [3.63, 3.8) is 0 Å². The van der Waals surface area contributed by atoms with Crippen molar-refractivity contribution < 1.29 is 0 Å². The van der Waals surface area contributed by atoms with Crippen LogP contribution in [-0.2, 0) is 6.42 Å². The van der Waals surface area contributed by atoms with Gasteiger partial charge < -0.3 is 4.57 Å². The van der Waals surface area contributed by atoms with Gasteiger partial charge in [-0.3, -0.25) is 10.1 Å². The number of hydrogen-bond acceptors (Lipinski definition) is 3. The molecule has 0 radical (unpaired) electrons. The second kappa shape index (κ2) is 5.87. The van der Waals surface area contributed by atoms with Crippen molar-refractivity contribution in [1.82, 2.24) is 24.7 Å². The highest BCUT2D eigenvalue weighted by Gasteiger charge is 2.23. The number of pyridine rings is 1. The molecule has 0 unspecified atom stereocenters. The van der Waals surface area contributed by atoms with Gasteiger partial charge in [0.1, 0.15) is 12.0 Å². The third-order valence-electron chi connectivity index (χ3n) is 4.42. The molecule has 124 valence electrons. The van der Waals surface area contributed by atoms with Crippen molar-refractivity contribution in [2.24, 2.45) is 0 Å². The number of hydrogen-bond donors (Lipinski definition) is 1. The van der Waals surface area contributed by atoms with Crippen molar-refractivity contribution in [2.45, 2.75) is 6.42 Å². The number of nitrogens with zero attached hydrogens (tertiary/aromatic N) is 4. The highest BCUT2D eigenvalue weighted by atomic mass is 35.5. The minimum Gasteiger partial charge on any atom is -0.301 e. The summed E-state index contributed by atoms with van der Waals surface area (Å²) in [4.78, 5) is 8.63. The standard InChI is InChI=1S/C20H12ClN5/c21-15-4-6-18-16(9-15)20-14(11-24-25-20)8-19-17(23-12-26(18)19)5-3-13-2-1-7-22-10-13/h1-2,4,6-7,9-12H,8H2,(H,24,25). The quantitative estimate of drug-likeness (QED) is 0.431. The smallest absolute Gasteiger partial charge is 0.135 e. The second-order valence-corrected chi connectivity index (χ2v) is 6.45. The minimum atomic E-state index is 0.685. The highest BCUT2D eigenvalue weighted by molar-refractivity contribution is 6.31. The molecule has 1 aliphatic heterocycles. The Bertz CT molecular complexity index is 1180. The summed E-state index contributed by atoms with van der Waals surface area (Å²) in [5, 5.41) is 7.99. The Kier molecular flexibility index (Phi) is 3.37. The molecule has 0 saturated heterocycles. The molecular weight excluding hydrogens is 346 g/mol. The predicted molar refractivity (Wildman–Crippen MR) is 99.2 cm³/mol. The molecular formula is C20H12ClN5. The summed E-state index contributed by atoms with van der Waals surface area (Å²) in [6.45, 7) is 0. The van der Waals surface area contributed by atoms with Gasteiger partial charge in [-0.2, -0.15) is 5.10 Å². The lowest BCUT2D eigenvalue weighted by Crippen LogP contribution is -1.99. The van der Waals surface area contributed by atoms with Gasteiger partial charge in [-0.15, -0.1) is 0 Å². The molecule has 0 saturated carbocycles. The van der Waals surface area contributed by atoms with Crippen LogP contribution in [0, 0.1) is 11.8 Å². The van der Waals surface area contributed by atoms with Crippen molar-refractivity contribution in [2.75, 3.05) is 0 Å². The van der Waals surface area contributed by atoms with E-state index in [0.717, 1.165) is 39.5 Å². The van der Waals surface area contributed by atoms with Gasteiger partial charge in [-0.1, -0.05) is 17.5 Å². The largest absolute Gasteiger partial charge is 0.301 e. The van der Waals surface area contributed by atoms with Crippen LogP contribution in [-0.4, -0.2) is 24.7 Å². The Morgan fingerprint density at radius 2 is 2.12 bits per heavy atom. The first kappa shape index (κ1) is 14.9. The fourth-order valence-electron chi connectivity index (χ4n) is 3.20. The molecule has 0 atom stereocenters. The third-order valence-corrected chi connectivity index (χ3v) is 4.65. The molecule has 0 amide bonds. The molecule has 0 bridgehead atoms. The number of halogens is 1. The van der Waals surface area contributed by atoms with Gasteiger partial charge in [0.05, 0.1) is 23.3 Å². The van der Waals surface area contributed by atoms with E-state index in [1.165, 1.54) is 0 Å². The summed E-state index contributed by atoms with van der Waals surface area (Å²) in [5.41, 5.74) is 6.74. The number of imidazole rings is 1. The zero-order valence-electron chi connectivity index (χ0n) is 13.6. The van der Waals surface area contributed by atoms with Crippen LogP contribution in [0.4, 0.5) is 0 Å². The van der Waals surface area contributed by atoms with Gasteiger partial charge in [0.15, 0.2) is 0 Å². The Hall–Kier alpha value is -3.36. The van der Waals surface area contributed by atoms with Crippen molar-refractivity contribution in [3.05, 3.63) is 82.8 Å². The summed E-state index contributed by atoms with van der Waals surface area (Å²) in [7, 11) is 0. The van der Waals surface area contributed by atoms with E-state index in [0.29, 0.717) is 11.4 Å². The predicted octanol–water partition coefficient (Wildman–Crippen LogP) is 3.61. The maximum atomic E-state index is 6.23. The molecule has 5 nitrogen and oxygen atoms in total. The Morgan fingerprint density at radius 1 is 1.15 bits per heavy atom. The van der Waals surface area contributed by atoms with Crippen LogP contribution in [0.15, 0.2) is 55.2 Å². The van der Waals surface area contributed by atoms with Crippen LogP contribution < -0.4 is 0 Å². The van der Waals surface area contributed by atoms with Crippen LogP contribution in [0.2, 0.25) is 5.02 Å². The Labute approximate surface area is 154 Å². The van der Waals surface area contributed by atoms with Gasteiger partial charge >= 0.3 is 0 Å². The summed E-state index contributed by atoms with van der Waals surface area (Å²) in [6, 6.07) is 9.63. The van der Waals surface area contributed by atoms with E-state index >= 15 is 0 Å². The first-order valence-electron chi connectivity index (χ1n) is 8.10. The highest BCUT2D eigenvalue weighted by Crippen LogP contribution is 2.36. The maximum Gasteiger partial charge on any atom is 0.135 e. The number of rotatable bonds is 0. The molecule has 0 fully saturated rings. The van der Waals surface area contributed by atoms with E-state index in [-0.39, 0.29) is 0 Å². The lowest BCUT2D eigenvalue weighted by molar-refractivity contribution is 0.965. The first-order chi connectivity index (χ1) is 12.8. The van der Waals surface area contributed by atoms with E-state index < -0.39 is 0 Å². The average molecular weight is 358 g/mol. The zero-order valence-corrected chi connectivity index (χ0v) is 14.3. The molecule has 3 aromatic heterocycles. The lowest BCUT2D eigenvalue weighted by atomic mass is 10.0. The van der Waals surface area contributed by atoms with E-state index in [2.05, 4.69) is 36.6 Å². The molecule has 26 heavy (non-hydrogen) atoms. The Balaban J connectivity index is 1.69. The summed E-state index contributed by atoms with van der Waals surface area (Å²) < 4.78 is 2.08. The number of benzene rings is 1. The van der Waals surface area contributed by atoms with Crippen molar-refractivity contribution in [1.29, 1.82) is 0 Å². The molecule has 0 spiro atoms. The number of H-pyrrole nitrogens is 1. The fourth-order valence-corrected chi connectivity index (χ4v) is 3.37. The van der Waals surface area contributed by atoms with Crippen LogP contribution in [0.25, 0.3) is 16.9 Å². The molecule has 1 N–H and O–H groups in total. The summed E-state index contributed by atoms with van der Waals surface area (Å²) >= 11 is 6.23. The van der Waals surface area contributed by atoms with Crippen LogP contribution >= 0.6 is 11.6 Å². The first-order valence-corrected chi connectivity index (χ1v) is 8.48. The molecule has 6 heteroatoms. The van der Waals surface area contributed by atoms with Crippen LogP contribution in [0.3, 0.4) is 0 Å². The molecule has 1 aromatic carbocycles. The van der Waals surface area contributed by atoms with Crippen LogP contribution in [0.5, 0.6) is 0 Å². The van der Waals surface area contributed by atoms with E-state index in [9.17, 15) is 0 Å². The van der Waals surface area contributed by atoms with E-state index in [1.807, 2.05) is 42.9 Å². The van der Waals surface area contributed by atoms with Crippen LogP contribution in [0.1, 0.15) is 22.5 Å². The molecule has 4 aromatic rings. The number of aromatic nitrogens is 5. The number of nitrogens with one attached hydrogen (secondary N) is 1. The fraction of sp³-hybridized carbons (Fsp3) is 0.0500. The molecule has 4 heterocycles. The Morgan fingerprint density at radius 3 is 3.00 bits per heavy atom. The number of aromatic amines is 1. The molecule has 1 aliphatic rings.